The first-order valence-corrected chi connectivity index (χ1v) is 7.18. The smallest absolute Gasteiger partial charge is 0.0987 e. The molecule has 0 amide bonds. The predicted molar refractivity (Wildman–Crippen MR) is 75.6 cm³/mol. The Balaban J connectivity index is 2.08. The summed E-state index contributed by atoms with van der Waals surface area (Å²) in [6.45, 7) is 3.86. The van der Waals surface area contributed by atoms with E-state index in [0.29, 0.717) is 31.3 Å². The van der Waals surface area contributed by atoms with Gasteiger partial charge in [0.05, 0.1) is 11.7 Å². The van der Waals surface area contributed by atoms with Crippen LogP contribution in [0.15, 0.2) is 24.3 Å². The molecule has 0 radical (unpaired) electrons. The van der Waals surface area contributed by atoms with Crippen molar-refractivity contribution in [3.63, 3.8) is 0 Å². The van der Waals surface area contributed by atoms with E-state index in [-0.39, 0.29) is 0 Å². The lowest BCUT2D eigenvalue weighted by Gasteiger charge is -2.40. The van der Waals surface area contributed by atoms with Crippen LogP contribution in [0.2, 0.25) is 5.02 Å². The molecule has 19 heavy (non-hydrogen) atoms. The van der Waals surface area contributed by atoms with Gasteiger partial charge < -0.3 is 14.6 Å². The minimum atomic E-state index is -0.533. The van der Waals surface area contributed by atoms with E-state index < -0.39 is 11.7 Å². The second-order valence-corrected chi connectivity index (χ2v) is 5.40. The minimum Gasteiger partial charge on any atom is -0.390 e. The number of aliphatic hydroxyl groups excluding tert-OH is 1. The van der Waals surface area contributed by atoms with Crippen molar-refractivity contribution in [1.82, 2.24) is 0 Å². The van der Waals surface area contributed by atoms with Crippen LogP contribution in [0, 0.1) is 0 Å². The molecular weight excluding hydrogens is 264 g/mol. The van der Waals surface area contributed by atoms with Crippen molar-refractivity contribution in [3.8, 4) is 0 Å². The number of halogens is 1. The molecule has 1 atom stereocenters. The molecule has 1 N–H and O–H groups in total. The highest BCUT2D eigenvalue weighted by Gasteiger charge is 2.40. The van der Waals surface area contributed by atoms with Gasteiger partial charge in [0.2, 0.25) is 0 Å². The molecule has 1 unspecified atom stereocenters. The van der Waals surface area contributed by atoms with Crippen LogP contribution in [-0.2, 0) is 15.9 Å². The molecule has 0 aliphatic carbocycles. The Hall–Kier alpha value is -0.610. The molecule has 1 aromatic rings. The maximum absolute atomic E-state index is 10.6. The van der Waals surface area contributed by atoms with Crippen molar-refractivity contribution in [2.24, 2.45) is 0 Å². The van der Waals surface area contributed by atoms with Crippen LogP contribution >= 0.6 is 11.6 Å². The second kappa shape index (κ2) is 6.71. The Labute approximate surface area is 119 Å². The topological polar surface area (TPSA) is 38.7 Å². The molecule has 1 fully saturated rings. The maximum atomic E-state index is 10.6. The summed E-state index contributed by atoms with van der Waals surface area (Å²) in [5, 5.41) is 11.3. The lowest BCUT2D eigenvalue weighted by molar-refractivity contribution is -0.165. The highest BCUT2D eigenvalue weighted by Crippen LogP contribution is 2.31. The van der Waals surface area contributed by atoms with Crippen molar-refractivity contribution in [1.29, 1.82) is 0 Å². The zero-order valence-electron chi connectivity index (χ0n) is 11.3. The standard InChI is InChI=1S/C15H21ClO3/c1-2-19-15(6-8-18-9-7-15)14(17)11-12-4-3-5-13(16)10-12/h3-5,10,14,17H,2,6-9,11H2,1H3. The van der Waals surface area contributed by atoms with Gasteiger partial charge in [-0.05, 0) is 24.6 Å². The zero-order valence-corrected chi connectivity index (χ0v) is 12.0. The van der Waals surface area contributed by atoms with E-state index in [0.717, 1.165) is 18.4 Å². The number of hydrogen-bond acceptors (Lipinski definition) is 3. The van der Waals surface area contributed by atoms with Crippen molar-refractivity contribution in [3.05, 3.63) is 34.9 Å². The lowest BCUT2D eigenvalue weighted by Crippen LogP contribution is -2.50. The number of benzene rings is 1. The molecule has 0 saturated carbocycles. The van der Waals surface area contributed by atoms with Gasteiger partial charge in [-0.25, -0.2) is 0 Å². The van der Waals surface area contributed by atoms with E-state index in [4.69, 9.17) is 21.1 Å². The van der Waals surface area contributed by atoms with Gasteiger partial charge in [-0.15, -0.1) is 0 Å². The molecule has 0 bridgehead atoms. The Morgan fingerprint density at radius 3 is 2.79 bits per heavy atom. The first kappa shape index (κ1) is 14.8. The molecule has 1 aliphatic rings. The molecule has 4 heteroatoms. The van der Waals surface area contributed by atoms with E-state index in [1.165, 1.54) is 0 Å². The van der Waals surface area contributed by atoms with Crippen LogP contribution in [0.25, 0.3) is 0 Å². The molecule has 106 valence electrons. The van der Waals surface area contributed by atoms with E-state index in [9.17, 15) is 5.11 Å². The minimum absolute atomic E-state index is 0.477. The third-order valence-corrected chi connectivity index (χ3v) is 3.93. The van der Waals surface area contributed by atoms with E-state index in [2.05, 4.69) is 0 Å². The lowest BCUT2D eigenvalue weighted by atomic mass is 9.84. The summed E-state index contributed by atoms with van der Waals surface area (Å²) >= 11 is 5.98. The van der Waals surface area contributed by atoms with Crippen LogP contribution in [0.3, 0.4) is 0 Å². The summed E-state index contributed by atoms with van der Waals surface area (Å²) in [4.78, 5) is 0. The molecule has 1 saturated heterocycles. The van der Waals surface area contributed by atoms with Crippen molar-refractivity contribution in [2.45, 2.75) is 37.9 Å². The van der Waals surface area contributed by atoms with Gasteiger partial charge in [0, 0.05) is 44.1 Å². The average Bonchev–Trinajstić information content (AvgIpc) is 2.40. The Morgan fingerprint density at radius 2 is 2.16 bits per heavy atom. The molecule has 1 aromatic carbocycles. The van der Waals surface area contributed by atoms with E-state index in [1.807, 2.05) is 31.2 Å². The molecular formula is C15H21ClO3. The van der Waals surface area contributed by atoms with Gasteiger partial charge in [-0.3, -0.25) is 0 Å². The molecule has 2 rings (SSSR count). The Kier molecular flexibility index (Phi) is 5.22. The van der Waals surface area contributed by atoms with Crippen LogP contribution < -0.4 is 0 Å². The monoisotopic (exact) mass is 284 g/mol. The first-order valence-electron chi connectivity index (χ1n) is 6.80. The van der Waals surface area contributed by atoms with Gasteiger partial charge >= 0.3 is 0 Å². The molecule has 1 aliphatic heterocycles. The van der Waals surface area contributed by atoms with Gasteiger partial charge in [0.15, 0.2) is 0 Å². The van der Waals surface area contributed by atoms with Crippen LogP contribution in [0.5, 0.6) is 0 Å². The summed E-state index contributed by atoms with van der Waals surface area (Å²) in [6.07, 6.45) is 1.50. The SMILES string of the molecule is CCOC1(C(O)Cc2cccc(Cl)c2)CCOCC1. The fourth-order valence-electron chi connectivity index (χ4n) is 2.65. The Bertz CT molecular complexity index is 397. The van der Waals surface area contributed by atoms with Gasteiger partial charge in [0.25, 0.3) is 0 Å². The maximum Gasteiger partial charge on any atom is 0.0987 e. The summed E-state index contributed by atoms with van der Waals surface area (Å²) in [7, 11) is 0. The summed E-state index contributed by atoms with van der Waals surface area (Å²) in [6, 6.07) is 7.61. The van der Waals surface area contributed by atoms with Crippen molar-refractivity contribution in [2.75, 3.05) is 19.8 Å². The first-order chi connectivity index (χ1) is 9.16. The fourth-order valence-corrected chi connectivity index (χ4v) is 2.86. The number of rotatable bonds is 5. The zero-order chi connectivity index (χ0) is 13.7. The van der Waals surface area contributed by atoms with Gasteiger partial charge in [0.1, 0.15) is 0 Å². The second-order valence-electron chi connectivity index (χ2n) is 4.96. The quantitative estimate of drug-likeness (QED) is 0.904. The number of ether oxygens (including phenoxy) is 2. The third-order valence-electron chi connectivity index (χ3n) is 3.70. The van der Waals surface area contributed by atoms with Crippen LogP contribution in [-0.4, -0.2) is 36.6 Å². The van der Waals surface area contributed by atoms with Gasteiger partial charge in [-0.2, -0.15) is 0 Å². The predicted octanol–water partition coefficient (Wildman–Crippen LogP) is 2.83. The fraction of sp³-hybridized carbons (Fsp3) is 0.600. The number of aliphatic hydroxyl groups is 1. The average molecular weight is 285 g/mol. The van der Waals surface area contributed by atoms with E-state index in [1.54, 1.807) is 0 Å². The van der Waals surface area contributed by atoms with Crippen molar-refractivity contribution >= 4 is 11.6 Å². The van der Waals surface area contributed by atoms with Gasteiger partial charge in [-0.1, -0.05) is 23.7 Å². The van der Waals surface area contributed by atoms with Crippen LogP contribution in [0.1, 0.15) is 25.3 Å². The highest BCUT2D eigenvalue weighted by atomic mass is 35.5. The largest absolute Gasteiger partial charge is 0.390 e. The normalized spacial score (nSPS) is 20.2. The Morgan fingerprint density at radius 1 is 1.42 bits per heavy atom. The van der Waals surface area contributed by atoms with E-state index >= 15 is 0 Å². The van der Waals surface area contributed by atoms with Crippen molar-refractivity contribution < 1.29 is 14.6 Å². The molecule has 1 heterocycles. The summed E-state index contributed by atoms with van der Waals surface area (Å²) < 4.78 is 11.3. The molecule has 0 spiro atoms. The van der Waals surface area contributed by atoms with Crippen LogP contribution in [0.4, 0.5) is 0 Å². The highest BCUT2D eigenvalue weighted by molar-refractivity contribution is 6.30. The summed E-state index contributed by atoms with van der Waals surface area (Å²) in [5.41, 5.74) is 0.556. The molecule has 3 nitrogen and oxygen atoms in total. The molecule has 0 aromatic heterocycles. The number of hydrogen-bond donors (Lipinski definition) is 1. The summed E-state index contributed by atoms with van der Waals surface area (Å²) in [5.74, 6) is 0. The third kappa shape index (κ3) is 3.69.